The zero-order valence-electron chi connectivity index (χ0n) is 15.0. The Morgan fingerprint density at radius 3 is 2.32 bits per heavy atom. The van der Waals surface area contributed by atoms with Crippen molar-refractivity contribution in [2.24, 2.45) is 0 Å². The molecule has 28 heavy (non-hydrogen) atoms. The molecule has 2 amide bonds. The molecule has 3 rings (SSSR count). The molecule has 0 unspecified atom stereocenters. The summed E-state index contributed by atoms with van der Waals surface area (Å²) < 4.78 is 18.6. The minimum atomic E-state index is -0.461. The standard InChI is InChI=1S/C22H19FN2O3/c23-19-11-9-16(10-12-19)13-21(26)24-25-22(27)18-7-4-8-20(14-18)28-15-17-5-2-1-3-6-17/h1-12,14H,13,15H2,(H,24,26)(H,25,27). The van der Waals surface area contributed by atoms with E-state index in [0.29, 0.717) is 23.5 Å². The van der Waals surface area contributed by atoms with E-state index in [1.807, 2.05) is 30.3 Å². The molecule has 2 N–H and O–H groups in total. The van der Waals surface area contributed by atoms with Crippen LogP contribution in [0.3, 0.4) is 0 Å². The molecule has 0 aliphatic carbocycles. The summed E-state index contributed by atoms with van der Waals surface area (Å²) in [6, 6.07) is 22.0. The van der Waals surface area contributed by atoms with Crippen molar-refractivity contribution in [3.63, 3.8) is 0 Å². The van der Waals surface area contributed by atoms with Crippen LogP contribution in [0, 0.1) is 5.82 Å². The van der Waals surface area contributed by atoms with Crippen molar-refractivity contribution in [2.75, 3.05) is 0 Å². The van der Waals surface area contributed by atoms with Crippen molar-refractivity contribution in [3.05, 3.63) is 101 Å². The maximum atomic E-state index is 12.9. The molecule has 3 aromatic rings. The lowest BCUT2D eigenvalue weighted by atomic mass is 10.1. The fourth-order valence-electron chi connectivity index (χ4n) is 2.50. The largest absolute Gasteiger partial charge is 0.489 e. The SMILES string of the molecule is O=C(Cc1ccc(F)cc1)NNC(=O)c1cccc(OCc2ccccc2)c1. The lowest BCUT2D eigenvalue weighted by molar-refractivity contribution is -0.121. The number of halogens is 1. The Hall–Kier alpha value is -3.67. The number of rotatable bonds is 6. The summed E-state index contributed by atoms with van der Waals surface area (Å²) >= 11 is 0. The summed E-state index contributed by atoms with van der Waals surface area (Å²) in [7, 11) is 0. The van der Waals surface area contributed by atoms with Crippen LogP contribution < -0.4 is 15.6 Å². The summed E-state index contributed by atoms with van der Waals surface area (Å²) in [5.41, 5.74) is 6.73. The van der Waals surface area contributed by atoms with Gasteiger partial charge >= 0.3 is 0 Å². The molecule has 0 aromatic heterocycles. The number of amides is 2. The van der Waals surface area contributed by atoms with E-state index in [1.165, 1.54) is 24.3 Å². The van der Waals surface area contributed by atoms with Gasteiger partial charge in [-0.1, -0.05) is 48.5 Å². The Morgan fingerprint density at radius 1 is 0.821 bits per heavy atom. The Labute approximate surface area is 162 Å². The molecule has 142 valence electrons. The third-order valence-corrected chi connectivity index (χ3v) is 3.94. The number of nitrogens with one attached hydrogen (secondary N) is 2. The molecule has 0 bridgehead atoms. The fraction of sp³-hybridized carbons (Fsp3) is 0.0909. The van der Waals surface area contributed by atoms with Gasteiger partial charge in [0.15, 0.2) is 0 Å². The van der Waals surface area contributed by atoms with Crippen LogP contribution >= 0.6 is 0 Å². The lowest BCUT2D eigenvalue weighted by Gasteiger charge is -2.10. The molecule has 6 heteroatoms. The van der Waals surface area contributed by atoms with Crippen LogP contribution in [0.4, 0.5) is 4.39 Å². The van der Waals surface area contributed by atoms with E-state index in [1.54, 1.807) is 24.3 Å². The monoisotopic (exact) mass is 378 g/mol. The van der Waals surface area contributed by atoms with E-state index in [9.17, 15) is 14.0 Å². The predicted molar refractivity (Wildman–Crippen MR) is 103 cm³/mol. The van der Waals surface area contributed by atoms with Gasteiger partial charge in [-0.25, -0.2) is 4.39 Å². The van der Waals surface area contributed by atoms with Crippen LogP contribution in [0.5, 0.6) is 5.75 Å². The molecule has 0 atom stereocenters. The van der Waals surface area contributed by atoms with Gasteiger partial charge < -0.3 is 4.74 Å². The van der Waals surface area contributed by atoms with Gasteiger partial charge in [0.05, 0.1) is 6.42 Å². The Balaban J connectivity index is 1.51. The van der Waals surface area contributed by atoms with Crippen molar-refractivity contribution in [1.82, 2.24) is 10.9 Å². The summed E-state index contributed by atoms with van der Waals surface area (Å²) in [4.78, 5) is 24.2. The first-order chi connectivity index (χ1) is 13.6. The Kier molecular flexibility index (Phi) is 6.36. The van der Waals surface area contributed by atoms with Crippen molar-refractivity contribution in [2.45, 2.75) is 13.0 Å². The number of hydrogen-bond donors (Lipinski definition) is 2. The average Bonchev–Trinajstić information content (AvgIpc) is 2.73. The second kappa shape index (κ2) is 9.32. The molecular weight excluding hydrogens is 359 g/mol. The van der Waals surface area contributed by atoms with Gasteiger partial charge in [0.2, 0.25) is 5.91 Å². The van der Waals surface area contributed by atoms with Crippen molar-refractivity contribution >= 4 is 11.8 Å². The third kappa shape index (κ3) is 5.67. The second-order valence-corrected chi connectivity index (χ2v) is 6.11. The molecule has 0 radical (unpaired) electrons. The van der Waals surface area contributed by atoms with Crippen LogP contribution in [0.25, 0.3) is 0 Å². The Morgan fingerprint density at radius 2 is 1.57 bits per heavy atom. The maximum Gasteiger partial charge on any atom is 0.269 e. The first kappa shape index (κ1) is 19.1. The Bertz CT molecular complexity index is 944. The van der Waals surface area contributed by atoms with Crippen LogP contribution in [0.1, 0.15) is 21.5 Å². The minimum absolute atomic E-state index is 0.0286. The van der Waals surface area contributed by atoms with Gasteiger partial charge in [-0.05, 0) is 41.5 Å². The number of benzene rings is 3. The molecule has 0 spiro atoms. The number of ether oxygens (including phenoxy) is 1. The topological polar surface area (TPSA) is 67.4 Å². The lowest BCUT2D eigenvalue weighted by Crippen LogP contribution is -2.42. The summed E-state index contributed by atoms with van der Waals surface area (Å²) in [6.45, 7) is 0.389. The number of carbonyl (C=O) groups is 2. The van der Waals surface area contributed by atoms with E-state index >= 15 is 0 Å². The quantitative estimate of drug-likeness (QED) is 0.646. The van der Waals surface area contributed by atoms with E-state index in [-0.39, 0.29) is 12.2 Å². The normalized spacial score (nSPS) is 10.2. The smallest absolute Gasteiger partial charge is 0.269 e. The molecule has 5 nitrogen and oxygen atoms in total. The van der Waals surface area contributed by atoms with Crippen LogP contribution in [-0.4, -0.2) is 11.8 Å². The first-order valence-electron chi connectivity index (χ1n) is 8.70. The third-order valence-electron chi connectivity index (χ3n) is 3.94. The molecule has 0 saturated heterocycles. The van der Waals surface area contributed by atoms with Gasteiger partial charge in [-0.2, -0.15) is 0 Å². The van der Waals surface area contributed by atoms with Gasteiger partial charge in [0.25, 0.3) is 5.91 Å². The summed E-state index contributed by atoms with van der Waals surface area (Å²) in [6.07, 6.45) is 0.0286. The number of carbonyl (C=O) groups excluding carboxylic acids is 2. The van der Waals surface area contributed by atoms with E-state index < -0.39 is 11.8 Å². The molecule has 3 aromatic carbocycles. The van der Waals surface area contributed by atoms with E-state index in [4.69, 9.17) is 4.74 Å². The zero-order chi connectivity index (χ0) is 19.8. The van der Waals surface area contributed by atoms with Crippen LogP contribution in [0.15, 0.2) is 78.9 Å². The molecule has 0 fully saturated rings. The molecular formula is C22H19FN2O3. The van der Waals surface area contributed by atoms with Gasteiger partial charge in [-0.15, -0.1) is 0 Å². The van der Waals surface area contributed by atoms with Crippen molar-refractivity contribution in [1.29, 1.82) is 0 Å². The highest BCUT2D eigenvalue weighted by Gasteiger charge is 2.09. The van der Waals surface area contributed by atoms with Gasteiger partial charge in [-0.3, -0.25) is 20.4 Å². The van der Waals surface area contributed by atoms with E-state index in [2.05, 4.69) is 10.9 Å². The molecule has 0 heterocycles. The predicted octanol–water partition coefficient (Wildman–Crippen LogP) is 3.41. The van der Waals surface area contributed by atoms with Gasteiger partial charge in [0, 0.05) is 5.56 Å². The minimum Gasteiger partial charge on any atom is -0.489 e. The average molecular weight is 378 g/mol. The molecule has 0 saturated carbocycles. The highest BCUT2D eigenvalue weighted by Crippen LogP contribution is 2.15. The van der Waals surface area contributed by atoms with Crippen molar-refractivity contribution in [3.8, 4) is 5.75 Å². The highest BCUT2D eigenvalue weighted by atomic mass is 19.1. The fourth-order valence-corrected chi connectivity index (χ4v) is 2.50. The first-order valence-corrected chi connectivity index (χ1v) is 8.70. The van der Waals surface area contributed by atoms with Crippen LogP contribution in [0.2, 0.25) is 0 Å². The highest BCUT2D eigenvalue weighted by molar-refractivity contribution is 5.95. The summed E-state index contributed by atoms with van der Waals surface area (Å²) in [5.74, 6) is -0.685. The molecule has 0 aliphatic heterocycles. The second-order valence-electron chi connectivity index (χ2n) is 6.11. The van der Waals surface area contributed by atoms with E-state index in [0.717, 1.165) is 5.56 Å². The van der Waals surface area contributed by atoms with Gasteiger partial charge in [0.1, 0.15) is 18.2 Å². The molecule has 0 aliphatic rings. The number of hydrazine groups is 1. The number of hydrogen-bond acceptors (Lipinski definition) is 3. The van der Waals surface area contributed by atoms with Crippen molar-refractivity contribution < 1.29 is 18.7 Å². The van der Waals surface area contributed by atoms with Crippen LogP contribution in [-0.2, 0) is 17.8 Å². The maximum absolute atomic E-state index is 12.9. The summed E-state index contributed by atoms with van der Waals surface area (Å²) in [5, 5.41) is 0. The zero-order valence-corrected chi connectivity index (χ0v) is 15.0.